The molecule has 0 aliphatic carbocycles. The maximum atomic E-state index is 13.5. The number of carbonyl (C=O) groups is 3. The lowest BCUT2D eigenvalue weighted by atomic mass is 9.86. The Morgan fingerprint density at radius 3 is 2.27 bits per heavy atom. The highest BCUT2D eigenvalue weighted by Crippen LogP contribution is 2.31. The predicted molar refractivity (Wildman–Crippen MR) is 141 cm³/mol. The van der Waals surface area contributed by atoms with E-state index in [1.54, 1.807) is 13.8 Å². The molecule has 37 heavy (non-hydrogen) atoms. The summed E-state index contributed by atoms with van der Waals surface area (Å²) in [5.41, 5.74) is -0.366. The van der Waals surface area contributed by atoms with Gasteiger partial charge in [0, 0.05) is 26.9 Å². The first-order chi connectivity index (χ1) is 17.4. The molecule has 9 nitrogen and oxygen atoms in total. The summed E-state index contributed by atoms with van der Waals surface area (Å²) < 4.78 is 22.1. The van der Waals surface area contributed by atoms with Gasteiger partial charge in [-0.05, 0) is 11.8 Å². The van der Waals surface area contributed by atoms with E-state index in [-0.39, 0.29) is 30.4 Å². The van der Waals surface area contributed by atoms with Crippen LogP contribution in [0.2, 0.25) is 0 Å². The average Bonchev–Trinajstić information content (AvgIpc) is 3.09. The molecule has 2 aliphatic heterocycles. The minimum Gasteiger partial charge on any atom is -0.463 e. The van der Waals surface area contributed by atoms with Crippen molar-refractivity contribution in [2.75, 3.05) is 39.5 Å². The Balaban J connectivity index is 1.98. The summed E-state index contributed by atoms with van der Waals surface area (Å²) in [5.74, 6) is -2.82. The number of rotatable bonds is 15. The number of nitrogens with one attached hydrogen (secondary N) is 1. The molecule has 0 spiro atoms. The first-order valence-corrected chi connectivity index (χ1v) is 14.1. The monoisotopic (exact) mass is 526 g/mol. The van der Waals surface area contributed by atoms with E-state index < -0.39 is 29.8 Å². The van der Waals surface area contributed by atoms with Gasteiger partial charge in [-0.3, -0.25) is 14.5 Å². The van der Waals surface area contributed by atoms with Gasteiger partial charge >= 0.3 is 11.9 Å². The number of hydrogen-bond acceptors (Lipinski definition) is 8. The zero-order valence-electron chi connectivity index (χ0n) is 23.9. The van der Waals surface area contributed by atoms with Gasteiger partial charge in [0.2, 0.25) is 11.7 Å². The van der Waals surface area contributed by atoms with E-state index in [4.69, 9.17) is 18.9 Å². The van der Waals surface area contributed by atoms with Crippen molar-refractivity contribution in [3.05, 3.63) is 0 Å². The van der Waals surface area contributed by atoms with E-state index in [0.717, 1.165) is 19.3 Å². The highest BCUT2D eigenvalue weighted by Gasteiger charge is 2.48. The number of cyclic esters (lactones) is 1. The summed E-state index contributed by atoms with van der Waals surface area (Å²) in [6.45, 7) is 14.4. The summed E-state index contributed by atoms with van der Waals surface area (Å²) in [4.78, 5) is 40.6. The van der Waals surface area contributed by atoms with Crippen LogP contribution in [-0.4, -0.2) is 80.1 Å². The fourth-order valence-corrected chi connectivity index (χ4v) is 4.62. The molecule has 0 aromatic carbocycles. The van der Waals surface area contributed by atoms with Gasteiger partial charge in [-0.1, -0.05) is 72.6 Å². The SMILES string of the molecule is CCCCCCCCC[C@@H](C(=O)N[C@H](COC(=O)CN1CCOCC1)C(C)(C)C)[C@@H]1OC(C)(C)OC1=O. The van der Waals surface area contributed by atoms with Gasteiger partial charge < -0.3 is 24.3 Å². The van der Waals surface area contributed by atoms with Gasteiger partial charge in [0.1, 0.15) is 6.61 Å². The van der Waals surface area contributed by atoms with E-state index >= 15 is 0 Å². The van der Waals surface area contributed by atoms with Crippen LogP contribution in [0.15, 0.2) is 0 Å². The molecule has 0 aromatic heterocycles. The van der Waals surface area contributed by atoms with Gasteiger partial charge in [0.05, 0.1) is 31.7 Å². The van der Waals surface area contributed by atoms with E-state index in [1.807, 2.05) is 25.7 Å². The molecule has 2 heterocycles. The Labute approximate surface area is 223 Å². The molecule has 9 heteroatoms. The number of hydrogen-bond donors (Lipinski definition) is 1. The molecule has 2 rings (SSSR count). The molecule has 2 saturated heterocycles. The highest BCUT2D eigenvalue weighted by atomic mass is 16.8. The molecule has 0 unspecified atom stereocenters. The number of amides is 1. The number of carbonyl (C=O) groups excluding carboxylic acids is 3. The maximum Gasteiger partial charge on any atom is 0.338 e. The zero-order chi connectivity index (χ0) is 27.5. The Hall–Kier alpha value is -1.71. The van der Waals surface area contributed by atoms with Crippen LogP contribution in [0.1, 0.15) is 92.9 Å². The van der Waals surface area contributed by atoms with Crippen molar-refractivity contribution in [3.8, 4) is 0 Å². The lowest BCUT2D eigenvalue weighted by molar-refractivity contribution is -0.162. The summed E-state index contributed by atoms with van der Waals surface area (Å²) in [6.07, 6.45) is 7.38. The molecule has 0 bridgehead atoms. The molecule has 1 amide bonds. The minimum absolute atomic E-state index is 0.0595. The number of morpholine rings is 1. The van der Waals surface area contributed by atoms with E-state index in [1.165, 1.54) is 25.7 Å². The average molecular weight is 527 g/mol. The molecule has 3 atom stereocenters. The van der Waals surface area contributed by atoms with Crippen LogP contribution < -0.4 is 5.32 Å². The number of esters is 2. The van der Waals surface area contributed by atoms with Crippen LogP contribution >= 0.6 is 0 Å². The molecule has 0 radical (unpaired) electrons. The van der Waals surface area contributed by atoms with Crippen molar-refractivity contribution < 1.29 is 33.3 Å². The van der Waals surface area contributed by atoms with Crippen molar-refractivity contribution >= 4 is 17.8 Å². The van der Waals surface area contributed by atoms with Crippen molar-refractivity contribution in [1.82, 2.24) is 10.2 Å². The predicted octanol–water partition coefficient (Wildman–Crippen LogP) is 3.83. The van der Waals surface area contributed by atoms with Crippen LogP contribution in [0.4, 0.5) is 0 Å². The Morgan fingerprint density at radius 2 is 1.70 bits per heavy atom. The fourth-order valence-electron chi connectivity index (χ4n) is 4.62. The van der Waals surface area contributed by atoms with Crippen LogP contribution in [0.3, 0.4) is 0 Å². The summed E-state index contributed by atoms with van der Waals surface area (Å²) >= 11 is 0. The highest BCUT2D eigenvalue weighted by molar-refractivity contribution is 5.88. The second-order valence-electron chi connectivity index (χ2n) is 11.9. The van der Waals surface area contributed by atoms with Crippen molar-refractivity contribution in [3.63, 3.8) is 0 Å². The first-order valence-electron chi connectivity index (χ1n) is 14.1. The van der Waals surface area contributed by atoms with Gasteiger partial charge in [0.15, 0.2) is 6.10 Å². The molecule has 2 fully saturated rings. The number of ether oxygens (including phenoxy) is 4. The second kappa shape index (κ2) is 15.0. The van der Waals surface area contributed by atoms with Gasteiger partial charge in [-0.15, -0.1) is 0 Å². The van der Waals surface area contributed by atoms with E-state index in [2.05, 4.69) is 12.2 Å². The van der Waals surface area contributed by atoms with E-state index in [0.29, 0.717) is 32.7 Å². The number of unbranched alkanes of at least 4 members (excludes halogenated alkanes) is 6. The third-order valence-corrected chi connectivity index (χ3v) is 7.04. The molecule has 1 N–H and O–H groups in total. The third-order valence-electron chi connectivity index (χ3n) is 7.04. The summed E-state index contributed by atoms with van der Waals surface area (Å²) in [6, 6.07) is -0.421. The zero-order valence-corrected chi connectivity index (χ0v) is 23.9. The van der Waals surface area contributed by atoms with Gasteiger partial charge in [0.25, 0.3) is 0 Å². The van der Waals surface area contributed by atoms with Gasteiger partial charge in [-0.25, -0.2) is 4.79 Å². The molecular weight excluding hydrogens is 476 g/mol. The number of nitrogens with zero attached hydrogens (tertiary/aromatic N) is 1. The summed E-state index contributed by atoms with van der Waals surface area (Å²) in [5, 5.41) is 3.07. The van der Waals surface area contributed by atoms with Crippen molar-refractivity contribution in [2.45, 2.75) is 111 Å². The van der Waals surface area contributed by atoms with Crippen molar-refractivity contribution in [2.24, 2.45) is 11.3 Å². The second-order valence-corrected chi connectivity index (χ2v) is 11.9. The summed E-state index contributed by atoms with van der Waals surface area (Å²) in [7, 11) is 0. The molecule has 214 valence electrons. The standard InChI is InChI=1S/C28H50N2O7/c1-7-8-9-10-11-12-13-14-21(24-26(33)37-28(5,6)36-24)25(32)29-22(27(2,3)4)20-35-23(31)19-30-15-17-34-18-16-30/h21-22,24H,7-20H2,1-6H3,(H,29,32)/t21-,22-,24+/m1/s1. The maximum absolute atomic E-state index is 13.5. The van der Waals surface area contributed by atoms with Gasteiger partial charge in [-0.2, -0.15) is 0 Å². The van der Waals surface area contributed by atoms with Crippen molar-refractivity contribution in [1.29, 1.82) is 0 Å². The van der Waals surface area contributed by atoms with Crippen LogP contribution in [0.5, 0.6) is 0 Å². The lowest BCUT2D eigenvalue weighted by Gasteiger charge is -2.33. The fraction of sp³-hybridized carbons (Fsp3) is 0.893. The normalized spacial score (nSPS) is 21.8. The van der Waals surface area contributed by atoms with Crippen LogP contribution in [-0.2, 0) is 33.3 Å². The van der Waals surface area contributed by atoms with Crippen LogP contribution in [0, 0.1) is 11.3 Å². The molecular formula is C28H50N2O7. The quantitative estimate of drug-likeness (QED) is 0.254. The lowest BCUT2D eigenvalue weighted by Crippen LogP contribution is -2.51. The Kier molecular flexibility index (Phi) is 12.8. The smallest absolute Gasteiger partial charge is 0.338 e. The minimum atomic E-state index is -1.06. The Morgan fingerprint density at radius 1 is 1.08 bits per heavy atom. The largest absolute Gasteiger partial charge is 0.463 e. The van der Waals surface area contributed by atoms with E-state index in [9.17, 15) is 14.4 Å². The molecule has 0 saturated carbocycles. The topological polar surface area (TPSA) is 103 Å². The molecule has 2 aliphatic rings. The first kappa shape index (κ1) is 31.5. The Bertz CT molecular complexity index is 729. The van der Waals surface area contributed by atoms with Crippen LogP contribution in [0.25, 0.3) is 0 Å². The molecule has 0 aromatic rings. The third kappa shape index (κ3) is 11.3.